The van der Waals surface area contributed by atoms with E-state index in [-0.39, 0.29) is 6.04 Å². The lowest BCUT2D eigenvalue weighted by molar-refractivity contribution is 0.177. The molecule has 0 bridgehead atoms. The van der Waals surface area contributed by atoms with E-state index in [9.17, 15) is 0 Å². The lowest BCUT2D eigenvalue weighted by Gasteiger charge is -2.21. The molecule has 0 saturated heterocycles. The Labute approximate surface area is 105 Å². The molecule has 0 aliphatic rings. The zero-order valence-electron chi connectivity index (χ0n) is 11.1. The number of rotatable bonds is 7. The van der Waals surface area contributed by atoms with Crippen molar-refractivity contribution in [3.63, 3.8) is 0 Å². The van der Waals surface area contributed by atoms with Crippen LogP contribution in [0.1, 0.15) is 23.6 Å². The Bertz CT molecular complexity index is 328. The van der Waals surface area contributed by atoms with E-state index < -0.39 is 0 Å². The third kappa shape index (κ3) is 5.31. The molecule has 2 N–H and O–H groups in total. The fourth-order valence-electron chi connectivity index (χ4n) is 1.91. The minimum absolute atomic E-state index is 0.0856. The third-order valence-electron chi connectivity index (χ3n) is 2.87. The number of likely N-dealkylation sites (N-methyl/N-ethyl adjacent to an activating group) is 1. The van der Waals surface area contributed by atoms with Gasteiger partial charge < -0.3 is 15.4 Å². The average Bonchev–Trinajstić information content (AvgIpc) is 2.29. The van der Waals surface area contributed by atoms with Crippen molar-refractivity contribution < 1.29 is 4.74 Å². The standard InChI is InChI=1S/C14H24N2O/c1-12-6-4-7-13(10-12)14(15)11-16(2)8-5-9-17-3/h4,6-7,10,14H,5,8-9,11,15H2,1-3H3. The first-order valence-electron chi connectivity index (χ1n) is 6.13. The molecule has 1 aromatic carbocycles. The monoisotopic (exact) mass is 236 g/mol. The van der Waals surface area contributed by atoms with Crippen LogP contribution in [0, 0.1) is 6.92 Å². The van der Waals surface area contributed by atoms with Crippen LogP contribution in [-0.4, -0.2) is 38.8 Å². The SMILES string of the molecule is COCCCN(C)CC(N)c1cccc(C)c1. The molecule has 0 radical (unpaired) electrons. The van der Waals surface area contributed by atoms with Crippen molar-refractivity contribution in [1.82, 2.24) is 4.90 Å². The largest absolute Gasteiger partial charge is 0.385 e. The zero-order chi connectivity index (χ0) is 12.7. The number of nitrogens with zero attached hydrogens (tertiary/aromatic N) is 1. The highest BCUT2D eigenvalue weighted by Crippen LogP contribution is 2.13. The van der Waals surface area contributed by atoms with Crippen molar-refractivity contribution in [3.8, 4) is 0 Å². The van der Waals surface area contributed by atoms with Crippen molar-refractivity contribution >= 4 is 0 Å². The van der Waals surface area contributed by atoms with Gasteiger partial charge in [0.2, 0.25) is 0 Å². The second-order valence-electron chi connectivity index (χ2n) is 4.63. The van der Waals surface area contributed by atoms with Gasteiger partial charge in [0.25, 0.3) is 0 Å². The Morgan fingerprint density at radius 3 is 2.82 bits per heavy atom. The van der Waals surface area contributed by atoms with Crippen LogP contribution in [0.4, 0.5) is 0 Å². The molecule has 1 aromatic rings. The Hall–Kier alpha value is -0.900. The Kier molecular flexibility index (Phi) is 6.19. The van der Waals surface area contributed by atoms with Crippen LogP contribution in [-0.2, 0) is 4.74 Å². The second kappa shape index (κ2) is 7.43. The number of ether oxygens (including phenoxy) is 1. The van der Waals surface area contributed by atoms with Gasteiger partial charge in [-0.05, 0) is 26.0 Å². The first-order valence-corrected chi connectivity index (χ1v) is 6.13. The van der Waals surface area contributed by atoms with Crippen LogP contribution in [0.15, 0.2) is 24.3 Å². The van der Waals surface area contributed by atoms with E-state index in [1.54, 1.807) is 7.11 Å². The number of hydrogen-bond donors (Lipinski definition) is 1. The fourth-order valence-corrected chi connectivity index (χ4v) is 1.91. The molecule has 0 aromatic heterocycles. The van der Waals surface area contributed by atoms with Crippen LogP contribution >= 0.6 is 0 Å². The van der Waals surface area contributed by atoms with E-state index in [1.807, 2.05) is 0 Å². The van der Waals surface area contributed by atoms with E-state index in [0.717, 1.165) is 26.1 Å². The maximum absolute atomic E-state index is 6.20. The smallest absolute Gasteiger partial charge is 0.0474 e. The van der Waals surface area contributed by atoms with Gasteiger partial charge in [0.15, 0.2) is 0 Å². The molecule has 3 heteroatoms. The second-order valence-corrected chi connectivity index (χ2v) is 4.63. The van der Waals surface area contributed by atoms with Crippen LogP contribution < -0.4 is 5.73 Å². The van der Waals surface area contributed by atoms with Gasteiger partial charge in [-0.1, -0.05) is 29.8 Å². The highest BCUT2D eigenvalue weighted by molar-refractivity contribution is 5.24. The Morgan fingerprint density at radius 2 is 2.18 bits per heavy atom. The molecule has 1 rings (SSSR count). The maximum Gasteiger partial charge on any atom is 0.0474 e. The average molecular weight is 236 g/mol. The summed E-state index contributed by atoms with van der Waals surface area (Å²) >= 11 is 0. The predicted molar refractivity (Wildman–Crippen MR) is 72.1 cm³/mol. The number of methoxy groups -OCH3 is 1. The molecule has 0 heterocycles. The summed E-state index contributed by atoms with van der Waals surface area (Å²) in [5.41, 5.74) is 8.67. The first kappa shape index (κ1) is 14.2. The number of nitrogens with two attached hydrogens (primary N) is 1. The van der Waals surface area contributed by atoms with E-state index in [1.165, 1.54) is 11.1 Å². The molecule has 0 aliphatic heterocycles. The molecule has 0 aliphatic carbocycles. The minimum atomic E-state index is 0.0856. The molecule has 0 spiro atoms. The highest BCUT2D eigenvalue weighted by Gasteiger charge is 2.08. The molecule has 1 unspecified atom stereocenters. The summed E-state index contributed by atoms with van der Waals surface area (Å²) in [4.78, 5) is 2.26. The number of benzene rings is 1. The minimum Gasteiger partial charge on any atom is -0.385 e. The summed E-state index contributed by atoms with van der Waals surface area (Å²) in [5.74, 6) is 0. The van der Waals surface area contributed by atoms with Crippen LogP contribution in [0.25, 0.3) is 0 Å². The van der Waals surface area contributed by atoms with E-state index in [0.29, 0.717) is 0 Å². The van der Waals surface area contributed by atoms with Gasteiger partial charge >= 0.3 is 0 Å². The van der Waals surface area contributed by atoms with Gasteiger partial charge in [-0.3, -0.25) is 0 Å². The quantitative estimate of drug-likeness (QED) is 0.736. The summed E-state index contributed by atoms with van der Waals surface area (Å²) in [6.07, 6.45) is 1.05. The van der Waals surface area contributed by atoms with Crippen LogP contribution in [0.3, 0.4) is 0 Å². The molecular formula is C14H24N2O. The molecule has 17 heavy (non-hydrogen) atoms. The van der Waals surface area contributed by atoms with Crippen LogP contribution in [0.2, 0.25) is 0 Å². The normalized spacial score (nSPS) is 13.0. The summed E-state index contributed by atoms with van der Waals surface area (Å²) in [6.45, 7) is 4.81. The summed E-state index contributed by atoms with van der Waals surface area (Å²) in [6, 6.07) is 8.50. The van der Waals surface area contributed by atoms with E-state index in [2.05, 4.69) is 43.1 Å². The molecule has 96 valence electrons. The van der Waals surface area contributed by atoms with Gasteiger partial charge in [-0.25, -0.2) is 0 Å². The van der Waals surface area contributed by atoms with Gasteiger partial charge in [0.05, 0.1) is 0 Å². The fraction of sp³-hybridized carbons (Fsp3) is 0.571. The van der Waals surface area contributed by atoms with E-state index in [4.69, 9.17) is 10.5 Å². The molecule has 3 nitrogen and oxygen atoms in total. The maximum atomic E-state index is 6.20. The summed E-state index contributed by atoms with van der Waals surface area (Å²) < 4.78 is 5.04. The van der Waals surface area contributed by atoms with Gasteiger partial charge in [0.1, 0.15) is 0 Å². The third-order valence-corrected chi connectivity index (χ3v) is 2.87. The number of hydrogen-bond acceptors (Lipinski definition) is 3. The van der Waals surface area contributed by atoms with Gasteiger partial charge in [-0.2, -0.15) is 0 Å². The Balaban J connectivity index is 2.40. The predicted octanol–water partition coefficient (Wildman–Crippen LogP) is 1.96. The van der Waals surface area contributed by atoms with Crippen molar-refractivity contribution in [1.29, 1.82) is 0 Å². The summed E-state index contributed by atoms with van der Waals surface area (Å²) in [5, 5.41) is 0. The van der Waals surface area contributed by atoms with E-state index >= 15 is 0 Å². The molecule has 0 fully saturated rings. The molecule has 0 saturated carbocycles. The van der Waals surface area contributed by atoms with Crippen molar-refractivity contribution in [2.75, 3.05) is 33.9 Å². The molecular weight excluding hydrogens is 212 g/mol. The van der Waals surface area contributed by atoms with Gasteiger partial charge in [-0.15, -0.1) is 0 Å². The topological polar surface area (TPSA) is 38.5 Å². The van der Waals surface area contributed by atoms with Crippen molar-refractivity contribution in [3.05, 3.63) is 35.4 Å². The highest BCUT2D eigenvalue weighted by atomic mass is 16.5. The molecule has 0 amide bonds. The van der Waals surface area contributed by atoms with Gasteiger partial charge in [0, 0.05) is 32.8 Å². The van der Waals surface area contributed by atoms with Crippen LogP contribution in [0.5, 0.6) is 0 Å². The molecule has 1 atom stereocenters. The first-order chi connectivity index (χ1) is 8.13. The Morgan fingerprint density at radius 1 is 1.41 bits per heavy atom. The van der Waals surface area contributed by atoms with Crippen molar-refractivity contribution in [2.45, 2.75) is 19.4 Å². The lowest BCUT2D eigenvalue weighted by atomic mass is 10.0. The number of aryl methyl sites for hydroxylation is 1. The lowest BCUT2D eigenvalue weighted by Crippen LogP contribution is -2.30. The van der Waals surface area contributed by atoms with Crippen molar-refractivity contribution in [2.24, 2.45) is 5.73 Å². The summed E-state index contributed by atoms with van der Waals surface area (Å²) in [7, 11) is 3.84. The zero-order valence-corrected chi connectivity index (χ0v) is 11.1.